The molecule has 0 aliphatic rings. The normalized spacial score (nSPS) is 10.2. The molecule has 0 aromatic carbocycles. The van der Waals surface area contributed by atoms with Crippen LogP contribution in [0.1, 0.15) is 0 Å². The van der Waals surface area contributed by atoms with Gasteiger partial charge in [-0.1, -0.05) is 11.6 Å². The highest BCUT2D eigenvalue weighted by Crippen LogP contribution is 2.14. The van der Waals surface area contributed by atoms with Crippen LogP contribution >= 0.6 is 11.6 Å². The molecule has 0 radical (unpaired) electrons. The third-order valence-electron chi connectivity index (χ3n) is 1.91. The monoisotopic (exact) mass is 252 g/mol. The van der Waals surface area contributed by atoms with E-state index in [0.717, 1.165) is 0 Å². The van der Waals surface area contributed by atoms with E-state index in [1.54, 1.807) is 19.2 Å². The Morgan fingerprint density at radius 1 is 1.41 bits per heavy atom. The molecule has 2 heterocycles. The maximum atomic E-state index is 11.7. The number of rotatable bonds is 3. The zero-order valence-electron chi connectivity index (χ0n) is 8.88. The van der Waals surface area contributed by atoms with E-state index in [9.17, 15) is 4.79 Å². The summed E-state index contributed by atoms with van der Waals surface area (Å²) in [5.41, 5.74) is 4.70. The minimum absolute atomic E-state index is 0.181. The van der Waals surface area contributed by atoms with Crippen LogP contribution < -0.4 is 16.5 Å². The van der Waals surface area contributed by atoms with Gasteiger partial charge in [-0.25, -0.2) is 24.8 Å². The first-order valence-corrected chi connectivity index (χ1v) is 5.09. The molecule has 8 heteroatoms. The number of nitrogens with zero attached hydrogens (tertiary/aromatic N) is 4. The maximum Gasteiger partial charge on any atom is 0.357 e. The van der Waals surface area contributed by atoms with Crippen LogP contribution in [0.15, 0.2) is 29.5 Å². The molecule has 2 rings (SSSR count). The van der Waals surface area contributed by atoms with Crippen molar-refractivity contribution >= 4 is 17.5 Å². The Kier molecular flexibility index (Phi) is 3.31. The van der Waals surface area contributed by atoms with Gasteiger partial charge in [-0.05, 0) is 12.1 Å². The Balaban J connectivity index is 2.48. The van der Waals surface area contributed by atoms with E-state index in [1.807, 2.05) is 0 Å². The first kappa shape index (κ1) is 11.5. The van der Waals surface area contributed by atoms with Gasteiger partial charge in [0.2, 0.25) is 5.95 Å². The van der Waals surface area contributed by atoms with Crippen molar-refractivity contribution in [2.24, 2.45) is 0 Å². The zero-order valence-corrected chi connectivity index (χ0v) is 9.64. The van der Waals surface area contributed by atoms with Gasteiger partial charge in [0, 0.05) is 13.2 Å². The first-order valence-electron chi connectivity index (χ1n) is 4.71. The molecule has 0 amide bonds. The molecular weight excluding hydrogens is 244 g/mol. The minimum atomic E-state index is -0.515. The lowest BCUT2D eigenvalue weighted by Crippen LogP contribution is -2.27. The molecular formula is C9H9ClN6O. The van der Waals surface area contributed by atoms with E-state index >= 15 is 0 Å². The summed E-state index contributed by atoms with van der Waals surface area (Å²) in [6.45, 7) is 0. The molecule has 0 aliphatic heterocycles. The van der Waals surface area contributed by atoms with E-state index in [2.05, 4.69) is 25.8 Å². The average Bonchev–Trinajstić information content (AvgIpc) is 2.31. The van der Waals surface area contributed by atoms with Crippen LogP contribution in [0, 0.1) is 0 Å². The summed E-state index contributed by atoms with van der Waals surface area (Å²) in [4.78, 5) is 23.3. The van der Waals surface area contributed by atoms with Crippen LogP contribution in [0.4, 0.5) is 5.95 Å². The fourth-order valence-electron chi connectivity index (χ4n) is 1.21. The van der Waals surface area contributed by atoms with Crippen LogP contribution in [0.25, 0.3) is 5.82 Å². The number of hydrogen-bond acceptors (Lipinski definition) is 6. The van der Waals surface area contributed by atoms with Crippen molar-refractivity contribution in [3.63, 3.8) is 0 Å². The van der Waals surface area contributed by atoms with Crippen molar-refractivity contribution in [3.8, 4) is 5.82 Å². The molecule has 2 aromatic rings. The van der Waals surface area contributed by atoms with Gasteiger partial charge in [-0.15, -0.1) is 0 Å². The topological polar surface area (TPSA) is 84.7 Å². The quantitative estimate of drug-likeness (QED) is 0.761. The third kappa shape index (κ3) is 2.40. The van der Waals surface area contributed by atoms with Crippen LogP contribution in [0.2, 0.25) is 5.02 Å². The summed E-state index contributed by atoms with van der Waals surface area (Å²) < 4.78 is 1.17. The zero-order chi connectivity index (χ0) is 12.3. The number of hydrogen-bond donors (Lipinski definition) is 2. The second-order valence-corrected chi connectivity index (χ2v) is 3.42. The van der Waals surface area contributed by atoms with E-state index in [0.29, 0.717) is 10.8 Å². The van der Waals surface area contributed by atoms with Crippen molar-refractivity contribution in [2.45, 2.75) is 0 Å². The van der Waals surface area contributed by atoms with Crippen LogP contribution in [0.5, 0.6) is 0 Å². The number of aromatic nitrogens is 4. The highest BCUT2D eigenvalue weighted by molar-refractivity contribution is 6.32. The Hall–Kier alpha value is -1.99. The number of hydrazine groups is 1. The van der Waals surface area contributed by atoms with Crippen molar-refractivity contribution < 1.29 is 0 Å². The van der Waals surface area contributed by atoms with E-state index in [-0.39, 0.29) is 5.95 Å². The molecule has 88 valence electrons. The number of pyridine rings is 1. The number of anilines is 1. The second kappa shape index (κ2) is 4.89. The Morgan fingerprint density at radius 2 is 2.24 bits per heavy atom. The van der Waals surface area contributed by atoms with Gasteiger partial charge in [0.25, 0.3) is 0 Å². The SMILES string of the molecule is CNNc1ncn(-c2ncccc2Cl)c(=O)n1. The Bertz CT molecular complexity index is 584. The van der Waals surface area contributed by atoms with Crippen LogP contribution in [-0.2, 0) is 0 Å². The summed E-state index contributed by atoms with van der Waals surface area (Å²) in [5.74, 6) is 0.482. The molecule has 0 fully saturated rings. The smallest absolute Gasteiger partial charge is 0.290 e. The molecule has 2 N–H and O–H groups in total. The van der Waals surface area contributed by atoms with E-state index in [1.165, 1.54) is 17.1 Å². The van der Waals surface area contributed by atoms with E-state index < -0.39 is 5.69 Å². The molecule has 7 nitrogen and oxygen atoms in total. The van der Waals surface area contributed by atoms with Gasteiger partial charge in [0.05, 0.1) is 5.02 Å². The highest BCUT2D eigenvalue weighted by atomic mass is 35.5. The second-order valence-electron chi connectivity index (χ2n) is 3.02. The molecule has 0 bridgehead atoms. The first-order chi connectivity index (χ1) is 8.22. The Morgan fingerprint density at radius 3 is 2.88 bits per heavy atom. The summed E-state index contributed by atoms with van der Waals surface area (Å²) in [6.07, 6.45) is 2.84. The predicted octanol–water partition coefficient (Wildman–Crippen LogP) is 0.222. The fraction of sp³-hybridized carbons (Fsp3) is 0.111. The maximum absolute atomic E-state index is 11.7. The van der Waals surface area contributed by atoms with Crippen LogP contribution in [-0.4, -0.2) is 26.6 Å². The Labute approximate surface area is 101 Å². The van der Waals surface area contributed by atoms with Gasteiger partial charge >= 0.3 is 5.69 Å². The average molecular weight is 253 g/mol. The third-order valence-corrected chi connectivity index (χ3v) is 2.20. The number of halogens is 1. The largest absolute Gasteiger partial charge is 0.357 e. The highest BCUT2D eigenvalue weighted by Gasteiger charge is 2.07. The molecule has 0 spiro atoms. The number of nitrogens with one attached hydrogen (secondary N) is 2. The van der Waals surface area contributed by atoms with Crippen LogP contribution in [0.3, 0.4) is 0 Å². The molecule has 0 atom stereocenters. The van der Waals surface area contributed by atoms with Crippen molar-refractivity contribution in [2.75, 3.05) is 12.5 Å². The lowest BCUT2D eigenvalue weighted by molar-refractivity contribution is 0.819. The summed E-state index contributed by atoms with van der Waals surface area (Å²) in [6, 6.07) is 3.31. The summed E-state index contributed by atoms with van der Waals surface area (Å²) in [5, 5.41) is 0.354. The predicted molar refractivity (Wildman–Crippen MR) is 63.1 cm³/mol. The van der Waals surface area contributed by atoms with Crippen molar-refractivity contribution in [1.82, 2.24) is 24.9 Å². The fourth-order valence-corrected chi connectivity index (χ4v) is 1.42. The molecule has 0 saturated carbocycles. The molecule has 17 heavy (non-hydrogen) atoms. The summed E-state index contributed by atoms with van der Waals surface area (Å²) >= 11 is 5.93. The van der Waals surface area contributed by atoms with Gasteiger partial charge in [-0.2, -0.15) is 4.98 Å². The minimum Gasteiger partial charge on any atom is -0.290 e. The van der Waals surface area contributed by atoms with Crippen molar-refractivity contribution in [1.29, 1.82) is 0 Å². The van der Waals surface area contributed by atoms with Gasteiger partial charge in [-0.3, -0.25) is 5.43 Å². The summed E-state index contributed by atoms with van der Waals surface area (Å²) in [7, 11) is 1.64. The molecule has 0 unspecified atom stereocenters. The lowest BCUT2D eigenvalue weighted by Gasteiger charge is -2.06. The van der Waals surface area contributed by atoms with Gasteiger partial charge in [0.15, 0.2) is 5.82 Å². The van der Waals surface area contributed by atoms with Crippen molar-refractivity contribution in [3.05, 3.63) is 40.2 Å². The van der Waals surface area contributed by atoms with Gasteiger partial charge < -0.3 is 0 Å². The lowest BCUT2D eigenvalue weighted by atomic mass is 10.4. The van der Waals surface area contributed by atoms with Gasteiger partial charge in [0.1, 0.15) is 6.33 Å². The van der Waals surface area contributed by atoms with E-state index in [4.69, 9.17) is 11.6 Å². The molecule has 0 saturated heterocycles. The standard InChI is InChI=1S/C9H9ClN6O/c1-11-15-8-13-5-16(9(17)14-8)7-6(10)3-2-4-12-7/h2-5,11H,1H3,(H,14,15,17). The molecule has 2 aromatic heterocycles. The molecule has 0 aliphatic carbocycles.